The van der Waals surface area contributed by atoms with Crippen molar-refractivity contribution in [2.24, 2.45) is 0 Å². The lowest BCUT2D eigenvalue weighted by Crippen LogP contribution is -2.43. The Morgan fingerprint density at radius 2 is 2.00 bits per heavy atom. The number of aryl methyl sites for hydroxylation is 1. The molecule has 124 valence electrons. The van der Waals surface area contributed by atoms with Crippen LogP contribution in [0.5, 0.6) is 0 Å². The van der Waals surface area contributed by atoms with E-state index in [1.54, 1.807) is 44.2 Å². The minimum Gasteiger partial charge on any atom is -0.463 e. The van der Waals surface area contributed by atoms with E-state index in [1.165, 1.54) is 6.07 Å². The maximum Gasteiger partial charge on any atom is 0.314 e. The van der Waals surface area contributed by atoms with Crippen LogP contribution in [0.25, 0.3) is 0 Å². The number of amides is 2. The highest BCUT2D eigenvalue weighted by Crippen LogP contribution is 2.21. The highest BCUT2D eigenvalue weighted by molar-refractivity contribution is 5.73. The zero-order valence-corrected chi connectivity index (χ0v) is 13.2. The van der Waals surface area contributed by atoms with Gasteiger partial charge in [0.15, 0.2) is 0 Å². The van der Waals surface area contributed by atoms with Crippen molar-refractivity contribution in [3.05, 3.63) is 59.3 Å². The molecule has 2 amide bonds. The number of hydrogen-bond donors (Lipinski definition) is 3. The van der Waals surface area contributed by atoms with Crippen molar-refractivity contribution < 1.29 is 18.7 Å². The van der Waals surface area contributed by atoms with Crippen molar-refractivity contribution in [1.29, 1.82) is 0 Å². The molecule has 0 aliphatic heterocycles. The van der Waals surface area contributed by atoms with Crippen molar-refractivity contribution in [3.8, 4) is 0 Å². The van der Waals surface area contributed by atoms with Gasteiger partial charge in [0.05, 0.1) is 6.54 Å². The molecule has 0 saturated carbocycles. The summed E-state index contributed by atoms with van der Waals surface area (Å²) in [7, 11) is 0. The molecule has 0 spiro atoms. The van der Waals surface area contributed by atoms with Gasteiger partial charge in [0.2, 0.25) is 0 Å². The van der Waals surface area contributed by atoms with Gasteiger partial charge in [-0.15, -0.1) is 0 Å². The molecular weight excluding hydrogens is 299 g/mol. The summed E-state index contributed by atoms with van der Waals surface area (Å²) in [6, 6.07) is 9.44. The summed E-state index contributed by atoms with van der Waals surface area (Å²) in [5.74, 6) is 0.794. The van der Waals surface area contributed by atoms with E-state index in [0.29, 0.717) is 30.0 Å². The molecule has 1 unspecified atom stereocenters. The van der Waals surface area contributed by atoms with E-state index in [0.717, 1.165) is 0 Å². The monoisotopic (exact) mass is 320 g/mol. The minimum absolute atomic E-state index is 0.00544. The molecule has 1 atom stereocenters. The normalized spacial score (nSPS) is 13.4. The lowest BCUT2D eigenvalue weighted by Gasteiger charge is -2.21. The molecule has 0 aliphatic rings. The lowest BCUT2D eigenvalue weighted by molar-refractivity contribution is 0.0360. The third kappa shape index (κ3) is 4.82. The molecular formula is C17H21FN2O3. The number of carbonyl (C=O) groups excluding carboxylic acids is 1. The molecule has 0 radical (unpaired) electrons. The van der Waals surface area contributed by atoms with Crippen LogP contribution in [0.2, 0.25) is 0 Å². The second-order valence-electron chi connectivity index (χ2n) is 5.64. The summed E-state index contributed by atoms with van der Waals surface area (Å²) in [6.45, 7) is 3.65. The number of hydrogen-bond acceptors (Lipinski definition) is 3. The van der Waals surface area contributed by atoms with E-state index in [2.05, 4.69) is 10.6 Å². The second-order valence-corrected chi connectivity index (χ2v) is 5.64. The minimum atomic E-state index is -1.29. The van der Waals surface area contributed by atoms with E-state index in [-0.39, 0.29) is 12.4 Å². The Labute approximate surface area is 134 Å². The van der Waals surface area contributed by atoms with Gasteiger partial charge in [0, 0.05) is 6.54 Å². The first-order valence-electron chi connectivity index (χ1n) is 7.43. The fourth-order valence-electron chi connectivity index (χ4n) is 2.14. The van der Waals surface area contributed by atoms with Crippen LogP contribution in [0.15, 0.2) is 40.8 Å². The summed E-state index contributed by atoms with van der Waals surface area (Å²) < 4.78 is 18.8. The predicted molar refractivity (Wildman–Crippen MR) is 84.5 cm³/mol. The average molecular weight is 320 g/mol. The van der Waals surface area contributed by atoms with E-state index in [9.17, 15) is 14.3 Å². The first-order valence-corrected chi connectivity index (χ1v) is 7.43. The van der Waals surface area contributed by atoms with Gasteiger partial charge in [-0.25, -0.2) is 9.18 Å². The fraction of sp³-hybridized carbons (Fsp3) is 0.353. The van der Waals surface area contributed by atoms with Crippen molar-refractivity contribution in [1.82, 2.24) is 10.6 Å². The Kier molecular flexibility index (Phi) is 5.39. The van der Waals surface area contributed by atoms with E-state index in [4.69, 9.17) is 4.42 Å². The molecule has 0 fully saturated rings. The number of rotatable bonds is 6. The number of benzene rings is 1. The smallest absolute Gasteiger partial charge is 0.314 e. The molecule has 1 heterocycles. The average Bonchev–Trinajstić information content (AvgIpc) is 2.95. The van der Waals surface area contributed by atoms with E-state index >= 15 is 0 Å². The number of nitrogens with one attached hydrogen (secondary N) is 2. The molecule has 1 aromatic carbocycles. The molecule has 0 bridgehead atoms. The van der Waals surface area contributed by atoms with Gasteiger partial charge >= 0.3 is 6.03 Å². The van der Waals surface area contributed by atoms with Crippen LogP contribution >= 0.6 is 0 Å². The highest BCUT2D eigenvalue weighted by Gasteiger charge is 2.27. The molecule has 2 aromatic rings. The van der Waals surface area contributed by atoms with Gasteiger partial charge in [-0.3, -0.25) is 0 Å². The van der Waals surface area contributed by atoms with Crippen LogP contribution in [0, 0.1) is 12.7 Å². The predicted octanol–water partition coefficient (Wildman–Crippen LogP) is 2.48. The zero-order valence-electron chi connectivity index (χ0n) is 13.2. The molecule has 2 rings (SSSR count). The molecule has 3 N–H and O–H groups in total. The first-order chi connectivity index (χ1) is 10.9. The van der Waals surface area contributed by atoms with Gasteiger partial charge in [0.1, 0.15) is 22.9 Å². The van der Waals surface area contributed by atoms with Crippen LogP contribution in [0.4, 0.5) is 9.18 Å². The van der Waals surface area contributed by atoms with Crippen LogP contribution in [0.3, 0.4) is 0 Å². The van der Waals surface area contributed by atoms with Crippen molar-refractivity contribution in [2.45, 2.75) is 25.9 Å². The number of halogens is 1. The van der Waals surface area contributed by atoms with Crippen LogP contribution < -0.4 is 10.6 Å². The third-order valence-corrected chi connectivity index (χ3v) is 3.50. The number of carbonyl (C=O) groups is 1. The summed E-state index contributed by atoms with van der Waals surface area (Å²) in [5.41, 5.74) is -0.747. The standard InChI is InChI=1S/C17H21FN2O3/c1-12-7-8-15(23-12)17(2,22)11-20-16(21)19-10-9-13-5-3-4-6-14(13)18/h3-8,22H,9-11H2,1-2H3,(H2,19,20,21). The van der Waals surface area contributed by atoms with Gasteiger partial charge in [0.25, 0.3) is 0 Å². The number of aliphatic hydroxyl groups is 1. The Bertz CT molecular complexity index is 667. The zero-order chi connectivity index (χ0) is 16.9. The Morgan fingerprint density at radius 1 is 1.26 bits per heavy atom. The van der Waals surface area contributed by atoms with Crippen molar-refractivity contribution >= 4 is 6.03 Å². The van der Waals surface area contributed by atoms with Crippen molar-refractivity contribution in [2.75, 3.05) is 13.1 Å². The molecule has 5 nitrogen and oxygen atoms in total. The van der Waals surface area contributed by atoms with Crippen LogP contribution in [0.1, 0.15) is 24.0 Å². The summed E-state index contributed by atoms with van der Waals surface area (Å²) in [4.78, 5) is 11.7. The highest BCUT2D eigenvalue weighted by atomic mass is 19.1. The lowest BCUT2D eigenvalue weighted by atomic mass is 10.0. The van der Waals surface area contributed by atoms with Gasteiger partial charge in [-0.2, -0.15) is 0 Å². The quantitative estimate of drug-likeness (QED) is 0.765. The van der Waals surface area contributed by atoms with Crippen molar-refractivity contribution in [3.63, 3.8) is 0 Å². The number of furan rings is 1. The first kappa shape index (κ1) is 17.0. The Hall–Kier alpha value is -2.34. The number of urea groups is 1. The molecule has 1 aromatic heterocycles. The van der Waals surface area contributed by atoms with Crippen LogP contribution in [-0.4, -0.2) is 24.2 Å². The topological polar surface area (TPSA) is 74.5 Å². The van der Waals surface area contributed by atoms with E-state index in [1.807, 2.05) is 0 Å². The Morgan fingerprint density at radius 3 is 2.65 bits per heavy atom. The van der Waals surface area contributed by atoms with Gasteiger partial charge in [-0.1, -0.05) is 18.2 Å². The largest absolute Gasteiger partial charge is 0.463 e. The maximum absolute atomic E-state index is 13.4. The molecule has 6 heteroatoms. The summed E-state index contributed by atoms with van der Waals surface area (Å²) >= 11 is 0. The third-order valence-electron chi connectivity index (χ3n) is 3.50. The second kappa shape index (κ2) is 7.28. The Balaban J connectivity index is 1.76. The van der Waals surface area contributed by atoms with Gasteiger partial charge in [-0.05, 0) is 44.0 Å². The maximum atomic E-state index is 13.4. The molecule has 23 heavy (non-hydrogen) atoms. The van der Waals surface area contributed by atoms with Crippen LogP contribution in [-0.2, 0) is 12.0 Å². The fourth-order valence-corrected chi connectivity index (χ4v) is 2.14. The SMILES string of the molecule is Cc1ccc(C(C)(O)CNC(=O)NCCc2ccccc2F)o1. The van der Waals surface area contributed by atoms with Gasteiger partial charge < -0.3 is 20.2 Å². The summed E-state index contributed by atoms with van der Waals surface area (Å²) in [6.07, 6.45) is 0.397. The van der Waals surface area contributed by atoms with E-state index < -0.39 is 11.6 Å². The summed E-state index contributed by atoms with van der Waals surface area (Å²) in [5, 5.41) is 15.5. The molecule has 0 saturated heterocycles. The molecule has 0 aliphatic carbocycles.